The molecule has 1 N–H and O–H groups in total. The van der Waals surface area contributed by atoms with Gasteiger partial charge in [0, 0.05) is 25.8 Å². The Morgan fingerprint density at radius 1 is 1.52 bits per heavy atom. The number of likely N-dealkylation sites (N-methyl/N-ethyl adjacent to an activating group) is 1. The van der Waals surface area contributed by atoms with Crippen molar-refractivity contribution in [3.63, 3.8) is 0 Å². The minimum Gasteiger partial charge on any atom is -0.353 e. The van der Waals surface area contributed by atoms with Crippen LogP contribution in [0, 0.1) is 0 Å². The number of amides is 2. The minimum atomic E-state index is -0.244. The van der Waals surface area contributed by atoms with E-state index in [1.807, 2.05) is 38.9 Å². The lowest BCUT2D eigenvalue weighted by Gasteiger charge is -2.37. The number of nitrogens with zero attached hydrogens (tertiary/aromatic N) is 4. The number of piperidine rings is 1. The molecule has 1 unspecified atom stereocenters. The van der Waals surface area contributed by atoms with E-state index in [-0.39, 0.29) is 30.4 Å². The average Bonchev–Trinajstić information content (AvgIpc) is 2.91. The summed E-state index contributed by atoms with van der Waals surface area (Å²) in [4.78, 5) is 28.6. The maximum atomic E-state index is 12.9. The van der Waals surface area contributed by atoms with Gasteiger partial charge in [0.15, 0.2) is 0 Å². The van der Waals surface area contributed by atoms with Gasteiger partial charge in [-0.1, -0.05) is 6.92 Å². The van der Waals surface area contributed by atoms with Crippen LogP contribution >= 0.6 is 0 Å². The first-order chi connectivity index (χ1) is 10.9. The van der Waals surface area contributed by atoms with Gasteiger partial charge in [-0.05, 0) is 33.2 Å². The Balaban J connectivity index is 2.07. The fourth-order valence-electron chi connectivity index (χ4n) is 2.99. The molecule has 2 rings (SSSR count). The van der Waals surface area contributed by atoms with Crippen LogP contribution in [0.1, 0.15) is 33.6 Å². The second-order valence-corrected chi connectivity index (χ2v) is 6.31. The lowest BCUT2D eigenvalue weighted by Crippen LogP contribution is -2.54. The average molecular weight is 321 g/mol. The zero-order chi connectivity index (χ0) is 17.0. The number of hydrogen-bond acceptors (Lipinski definition) is 4. The highest BCUT2D eigenvalue weighted by Gasteiger charge is 2.34. The van der Waals surface area contributed by atoms with E-state index >= 15 is 0 Å². The van der Waals surface area contributed by atoms with E-state index in [1.165, 1.54) is 0 Å². The molecule has 2 heterocycles. The Morgan fingerprint density at radius 3 is 2.83 bits per heavy atom. The molecular formula is C16H27N5O2. The number of carbonyl (C=O) groups is 2. The monoisotopic (exact) mass is 321 g/mol. The second kappa shape index (κ2) is 7.59. The molecule has 0 spiro atoms. The van der Waals surface area contributed by atoms with Crippen LogP contribution < -0.4 is 10.2 Å². The lowest BCUT2D eigenvalue weighted by atomic mass is 10.0. The predicted octanol–water partition coefficient (Wildman–Crippen LogP) is 0.762. The summed E-state index contributed by atoms with van der Waals surface area (Å²) in [5.41, 5.74) is 0.824. The number of nitrogens with one attached hydrogen (secondary N) is 1. The summed E-state index contributed by atoms with van der Waals surface area (Å²) in [5, 5.41) is 7.03. The molecule has 7 heteroatoms. The molecule has 1 aliphatic rings. The normalized spacial score (nSPS) is 18.8. The van der Waals surface area contributed by atoms with Crippen LogP contribution in [0.5, 0.6) is 0 Å². The number of rotatable bonds is 6. The van der Waals surface area contributed by atoms with Gasteiger partial charge in [0.1, 0.15) is 0 Å². The third-order valence-corrected chi connectivity index (χ3v) is 4.06. The van der Waals surface area contributed by atoms with Gasteiger partial charge in [-0.25, -0.2) is 0 Å². The summed E-state index contributed by atoms with van der Waals surface area (Å²) in [7, 11) is 1.84. The molecule has 0 radical (unpaired) electrons. The third kappa shape index (κ3) is 4.31. The number of aromatic nitrogens is 2. The summed E-state index contributed by atoms with van der Waals surface area (Å²) in [6, 6.07) is -0.137. The number of aryl methyl sites for hydroxylation is 1. The molecule has 0 bridgehead atoms. The summed E-state index contributed by atoms with van der Waals surface area (Å²) < 4.78 is 1.69. The van der Waals surface area contributed by atoms with Crippen LogP contribution in [0.4, 0.5) is 5.69 Å². The van der Waals surface area contributed by atoms with Crippen molar-refractivity contribution in [3.8, 4) is 0 Å². The smallest absolute Gasteiger partial charge is 0.244 e. The Bertz CT molecular complexity index is 554. The van der Waals surface area contributed by atoms with E-state index in [2.05, 4.69) is 10.4 Å². The van der Waals surface area contributed by atoms with Gasteiger partial charge < -0.3 is 10.2 Å². The van der Waals surface area contributed by atoms with E-state index in [0.29, 0.717) is 13.1 Å². The lowest BCUT2D eigenvalue weighted by molar-refractivity contribution is -0.128. The highest BCUT2D eigenvalue weighted by molar-refractivity contribution is 5.98. The molecule has 1 saturated heterocycles. The SMILES string of the molecule is CCN(CC(=O)NC(C)C)C1CCCN(c2cnn(C)c2)C1=O. The van der Waals surface area contributed by atoms with Crippen molar-refractivity contribution in [3.05, 3.63) is 12.4 Å². The van der Waals surface area contributed by atoms with E-state index in [4.69, 9.17) is 0 Å². The molecule has 0 saturated carbocycles. The summed E-state index contributed by atoms with van der Waals surface area (Å²) >= 11 is 0. The highest BCUT2D eigenvalue weighted by Crippen LogP contribution is 2.23. The zero-order valence-corrected chi connectivity index (χ0v) is 14.5. The molecule has 1 atom stereocenters. The van der Waals surface area contributed by atoms with Crippen LogP contribution in [-0.4, -0.2) is 58.2 Å². The molecule has 0 aromatic carbocycles. The van der Waals surface area contributed by atoms with Gasteiger partial charge in [0.25, 0.3) is 0 Å². The van der Waals surface area contributed by atoms with Gasteiger partial charge in [-0.15, -0.1) is 0 Å². The largest absolute Gasteiger partial charge is 0.353 e. The fourth-order valence-corrected chi connectivity index (χ4v) is 2.99. The molecule has 1 aromatic rings. The van der Waals surface area contributed by atoms with E-state index in [9.17, 15) is 9.59 Å². The third-order valence-electron chi connectivity index (χ3n) is 4.06. The Morgan fingerprint density at radius 2 is 2.26 bits per heavy atom. The molecule has 1 aliphatic heterocycles. The second-order valence-electron chi connectivity index (χ2n) is 6.31. The molecular weight excluding hydrogens is 294 g/mol. The van der Waals surface area contributed by atoms with Crippen LogP contribution in [0.15, 0.2) is 12.4 Å². The van der Waals surface area contributed by atoms with Gasteiger partial charge in [0.05, 0.1) is 24.5 Å². The van der Waals surface area contributed by atoms with Gasteiger partial charge >= 0.3 is 0 Å². The Kier molecular flexibility index (Phi) is 5.76. The van der Waals surface area contributed by atoms with Gasteiger partial charge in [-0.3, -0.25) is 19.2 Å². The summed E-state index contributed by atoms with van der Waals surface area (Å²) in [5.74, 6) is 0.0246. The van der Waals surface area contributed by atoms with Crippen molar-refractivity contribution < 1.29 is 9.59 Å². The number of anilines is 1. The Labute approximate surface area is 137 Å². The van der Waals surface area contributed by atoms with Crippen molar-refractivity contribution >= 4 is 17.5 Å². The van der Waals surface area contributed by atoms with E-state index < -0.39 is 0 Å². The first kappa shape index (κ1) is 17.5. The molecule has 23 heavy (non-hydrogen) atoms. The zero-order valence-electron chi connectivity index (χ0n) is 14.5. The van der Waals surface area contributed by atoms with Crippen LogP contribution in [0.3, 0.4) is 0 Å². The number of carbonyl (C=O) groups excluding carboxylic acids is 2. The number of hydrogen-bond donors (Lipinski definition) is 1. The Hall–Kier alpha value is -1.89. The molecule has 1 aromatic heterocycles. The van der Waals surface area contributed by atoms with Crippen LogP contribution in [0.2, 0.25) is 0 Å². The molecule has 0 aliphatic carbocycles. The standard InChI is InChI=1S/C16H27N5O2/c1-5-20(11-15(22)18-12(2)3)14-7-6-8-21(16(14)23)13-9-17-19(4)10-13/h9-10,12,14H,5-8,11H2,1-4H3,(H,18,22). The van der Waals surface area contributed by atoms with Crippen molar-refractivity contribution in [2.75, 3.05) is 24.5 Å². The first-order valence-corrected chi connectivity index (χ1v) is 8.25. The summed E-state index contributed by atoms with van der Waals surface area (Å²) in [6.45, 7) is 7.48. The van der Waals surface area contributed by atoms with Gasteiger partial charge in [-0.2, -0.15) is 5.10 Å². The van der Waals surface area contributed by atoms with Gasteiger partial charge in [0.2, 0.25) is 11.8 Å². The van der Waals surface area contributed by atoms with Crippen molar-refractivity contribution in [1.82, 2.24) is 20.0 Å². The highest BCUT2D eigenvalue weighted by atomic mass is 16.2. The van der Waals surface area contributed by atoms with Crippen molar-refractivity contribution in [2.45, 2.75) is 45.7 Å². The quantitative estimate of drug-likeness (QED) is 0.840. The van der Waals surface area contributed by atoms with Crippen LogP contribution in [-0.2, 0) is 16.6 Å². The predicted molar refractivity (Wildman–Crippen MR) is 89.1 cm³/mol. The van der Waals surface area contributed by atoms with Crippen molar-refractivity contribution in [2.24, 2.45) is 7.05 Å². The molecule has 1 fully saturated rings. The first-order valence-electron chi connectivity index (χ1n) is 8.25. The maximum absolute atomic E-state index is 12.9. The van der Waals surface area contributed by atoms with E-state index in [1.54, 1.807) is 15.8 Å². The molecule has 128 valence electrons. The maximum Gasteiger partial charge on any atom is 0.244 e. The summed E-state index contributed by atoms with van der Waals surface area (Å²) in [6.07, 6.45) is 5.27. The van der Waals surface area contributed by atoms with Crippen molar-refractivity contribution in [1.29, 1.82) is 0 Å². The fraction of sp³-hybridized carbons (Fsp3) is 0.688. The topological polar surface area (TPSA) is 70.5 Å². The minimum absolute atomic E-state index is 0.0341. The molecule has 2 amide bonds. The van der Waals surface area contributed by atoms with E-state index in [0.717, 1.165) is 18.5 Å². The molecule has 7 nitrogen and oxygen atoms in total. The van der Waals surface area contributed by atoms with Crippen LogP contribution in [0.25, 0.3) is 0 Å².